The molecule has 118 valence electrons. The molecule has 6 heteroatoms. The second kappa shape index (κ2) is 5.36. The number of aliphatic hydroxyl groups excluding tert-OH is 1. The molecule has 3 heterocycles. The average molecular weight is 309 g/mol. The van der Waals surface area contributed by atoms with Crippen LogP contribution in [0.15, 0.2) is 18.5 Å². The number of pyridine rings is 1. The Morgan fingerprint density at radius 1 is 1.52 bits per heavy atom. The number of fused-ring (bicyclic) bond motifs is 3. The highest BCUT2D eigenvalue weighted by molar-refractivity contribution is 6.01. The van der Waals surface area contributed by atoms with Gasteiger partial charge in [0.2, 0.25) is 0 Å². The van der Waals surface area contributed by atoms with Crippen molar-refractivity contribution in [3.63, 3.8) is 0 Å². The first kappa shape index (κ1) is 14.2. The molecule has 0 aliphatic heterocycles. The molecule has 4 rings (SSSR count). The standard InChI is InChI=1S/C17H19N5O/c1-10(23)17-21-14-9-20-16-13(5-7-19-16)15(14)22(17)12-3-2-11(8-12)4-6-18/h5,7,9-12,23H,2-4,8H2,1H3,(H,19,20)/t10-,11-,12-/m1/s1. The molecule has 3 aromatic heterocycles. The lowest BCUT2D eigenvalue weighted by atomic mass is 10.0. The number of aromatic amines is 1. The predicted molar refractivity (Wildman–Crippen MR) is 86.6 cm³/mol. The molecule has 0 unspecified atom stereocenters. The minimum Gasteiger partial charge on any atom is -0.385 e. The van der Waals surface area contributed by atoms with Gasteiger partial charge >= 0.3 is 0 Å². The van der Waals surface area contributed by atoms with Crippen LogP contribution in [0.5, 0.6) is 0 Å². The molecule has 6 nitrogen and oxygen atoms in total. The van der Waals surface area contributed by atoms with Gasteiger partial charge in [0, 0.05) is 24.0 Å². The minimum absolute atomic E-state index is 0.281. The molecule has 0 radical (unpaired) electrons. The highest BCUT2D eigenvalue weighted by atomic mass is 16.3. The molecule has 1 saturated carbocycles. The maximum absolute atomic E-state index is 10.2. The summed E-state index contributed by atoms with van der Waals surface area (Å²) in [6.07, 6.45) is 6.65. The number of nitrogens with zero attached hydrogens (tertiary/aromatic N) is 4. The van der Waals surface area contributed by atoms with Gasteiger partial charge < -0.3 is 14.7 Å². The van der Waals surface area contributed by atoms with Gasteiger partial charge in [0.1, 0.15) is 23.1 Å². The zero-order valence-corrected chi connectivity index (χ0v) is 13.0. The molecule has 0 amide bonds. The average Bonchev–Trinajstić information content (AvgIpc) is 3.23. The number of H-pyrrole nitrogens is 1. The SMILES string of the molecule is C[C@@H](O)c1nc2cnc3[nH]ccc3c2n1[C@@H]1CC[C@H](CC#N)C1. The van der Waals surface area contributed by atoms with E-state index in [2.05, 4.69) is 25.6 Å². The van der Waals surface area contributed by atoms with Gasteiger partial charge in [-0.15, -0.1) is 0 Å². The minimum atomic E-state index is -0.633. The summed E-state index contributed by atoms with van der Waals surface area (Å²) < 4.78 is 2.19. The summed E-state index contributed by atoms with van der Waals surface area (Å²) in [6, 6.07) is 4.58. The van der Waals surface area contributed by atoms with E-state index in [9.17, 15) is 5.11 Å². The number of nitrogens with one attached hydrogen (secondary N) is 1. The quantitative estimate of drug-likeness (QED) is 0.777. The summed E-state index contributed by atoms with van der Waals surface area (Å²) in [4.78, 5) is 12.2. The van der Waals surface area contributed by atoms with Gasteiger partial charge in [-0.3, -0.25) is 0 Å². The summed E-state index contributed by atoms with van der Waals surface area (Å²) in [6.45, 7) is 1.75. The molecule has 0 saturated heterocycles. The van der Waals surface area contributed by atoms with Crippen molar-refractivity contribution in [3.05, 3.63) is 24.3 Å². The first-order chi connectivity index (χ1) is 11.2. The molecule has 3 atom stereocenters. The van der Waals surface area contributed by atoms with Gasteiger partial charge in [0.25, 0.3) is 0 Å². The number of nitriles is 1. The van der Waals surface area contributed by atoms with Gasteiger partial charge in [-0.2, -0.15) is 5.26 Å². The molecular weight excluding hydrogens is 290 g/mol. The normalized spacial score (nSPS) is 22.7. The van der Waals surface area contributed by atoms with Crippen molar-refractivity contribution < 1.29 is 5.11 Å². The number of rotatable bonds is 3. The fourth-order valence-electron chi connectivity index (χ4n) is 3.87. The lowest BCUT2D eigenvalue weighted by Gasteiger charge is -2.18. The Morgan fingerprint density at radius 3 is 3.17 bits per heavy atom. The monoisotopic (exact) mass is 309 g/mol. The van der Waals surface area contributed by atoms with Crippen LogP contribution in [0.4, 0.5) is 0 Å². The number of imidazole rings is 1. The molecule has 2 N–H and O–H groups in total. The van der Waals surface area contributed by atoms with Gasteiger partial charge in [-0.1, -0.05) is 0 Å². The maximum atomic E-state index is 10.2. The summed E-state index contributed by atoms with van der Waals surface area (Å²) in [5, 5.41) is 20.2. The van der Waals surface area contributed by atoms with E-state index in [0.29, 0.717) is 18.2 Å². The molecule has 0 bridgehead atoms. The third-order valence-electron chi connectivity index (χ3n) is 4.89. The van der Waals surface area contributed by atoms with Crippen molar-refractivity contribution in [2.45, 2.75) is 44.8 Å². The highest BCUT2D eigenvalue weighted by Gasteiger charge is 2.30. The summed E-state index contributed by atoms with van der Waals surface area (Å²) >= 11 is 0. The van der Waals surface area contributed by atoms with Gasteiger partial charge in [0.05, 0.1) is 17.8 Å². The second-order valence-electron chi connectivity index (χ2n) is 6.44. The topological polar surface area (TPSA) is 90.5 Å². The van der Waals surface area contributed by atoms with Crippen LogP contribution in [0.1, 0.15) is 50.6 Å². The molecular formula is C17H19N5O. The molecule has 1 aliphatic rings. The van der Waals surface area contributed by atoms with Gasteiger partial charge in [0.15, 0.2) is 0 Å². The number of hydrogen-bond donors (Lipinski definition) is 2. The lowest BCUT2D eigenvalue weighted by Crippen LogP contribution is -2.12. The van der Waals surface area contributed by atoms with Crippen LogP contribution in [0.25, 0.3) is 22.1 Å². The van der Waals surface area contributed by atoms with E-state index < -0.39 is 6.10 Å². The van der Waals surface area contributed by atoms with E-state index in [1.165, 1.54) is 0 Å². The zero-order valence-electron chi connectivity index (χ0n) is 13.0. The van der Waals surface area contributed by atoms with Crippen LogP contribution in [-0.2, 0) is 0 Å². The van der Waals surface area contributed by atoms with E-state index >= 15 is 0 Å². The second-order valence-corrected chi connectivity index (χ2v) is 6.44. The fourth-order valence-corrected chi connectivity index (χ4v) is 3.87. The molecule has 0 aromatic carbocycles. The van der Waals surface area contributed by atoms with Crippen LogP contribution in [0.2, 0.25) is 0 Å². The summed E-state index contributed by atoms with van der Waals surface area (Å²) in [7, 11) is 0. The smallest absolute Gasteiger partial charge is 0.139 e. The molecule has 1 fully saturated rings. The maximum Gasteiger partial charge on any atom is 0.139 e. The van der Waals surface area contributed by atoms with E-state index in [4.69, 9.17) is 5.26 Å². The van der Waals surface area contributed by atoms with Gasteiger partial charge in [-0.05, 0) is 38.2 Å². The van der Waals surface area contributed by atoms with Crippen molar-refractivity contribution in [2.75, 3.05) is 0 Å². The van der Waals surface area contributed by atoms with Crippen LogP contribution in [0, 0.1) is 17.2 Å². The number of aliphatic hydroxyl groups is 1. The van der Waals surface area contributed by atoms with Crippen LogP contribution < -0.4 is 0 Å². The third kappa shape index (κ3) is 2.20. The number of hydrogen-bond acceptors (Lipinski definition) is 4. The van der Waals surface area contributed by atoms with E-state index in [-0.39, 0.29) is 6.04 Å². The Labute approximate surface area is 133 Å². The Hall–Kier alpha value is -2.39. The number of aromatic nitrogens is 4. The van der Waals surface area contributed by atoms with E-state index in [0.717, 1.165) is 41.3 Å². The van der Waals surface area contributed by atoms with E-state index in [1.807, 2.05) is 12.3 Å². The van der Waals surface area contributed by atoms with Crippen molar-refractivity contribution >= 4 is 22.1 Å². The highest BCUT2D eigenvalue weighted by Crippen LogP contribution is 2.40. The lowest BCUT2D eigenvalue weighted by molar-refractivity contribution is 0.181. The van der Waals surface area contributed by atoms with Gasteiger partial charge in [-0.25, -0.2) is 9.97 Å². The van der Waals surface area contributed by atoms with E-state index in [1.54, 1.807) is 13.1 Å². The first-order valence-corrected chi connectivity index (χ1v) is 8.08. The van der Waals surface area contributed by atoms with Crippen molar-refractivity contribution in [3.8, 4) is 6.07 Å². The Balaban J connectivity index is 1.91. The van der Waals surface area contributed by atoms with Crippen molar-refractivity contribution in [2.24, 2.45) is 5.92 Å². The Bertz CT molecular complexity index is 901. The largest absolute Gasteiger partial charge is 0.385 e. The molecule has 23 heavy (non-hydrogen) atoms. The summed E-state index contributed by atoms with van der Waals surface area (Å²) in [5.74, 6) is 1.13. The van der Waals surface area contributed by atoms with Crippen LogP contribution in [-0.4, -0.2) is 24.6 Å². The fraction of sp³-hybridized carbons (Fsp3) is 0.471. The third-order valence-corrected chi connectivity index (χ3v) is 4.89. The van der Waals surface area contributed by atoms with Crippen molar-refractivity contribution in [1.29, 1.82) is 5.26 Å². The molecule has 1 aliphatic carbocycles. The van der Waals surface area contributed by atoms with Crippen molar-refractivity contribution in [1.82, 2.24) is 19.5 Å². The molecule has 3 aromatic rings. The predicted octanol–water partition coefficient (Wildman–Crippen LogP) is 3.22. The Morgan fingerprint density at radius 2 is 2.39 bits per heavy atom. The van der Waals surface area contributed by atoms with Crippen LogP contribution >= 0.6 is 0 Å². The first-order valence-electron chi connectivity index (χ1n) is 8.08. The summed E-state index contributed by atoms with van der Waals surface area (Å²) in [5.41, 5.74) is 2.69. The van der Waals surface area contributed by atoms with Crippen LogP contribution in [0.3, 0.4) is 0 Å². The molecule has 0 spiro atoms. The Kier molecular flexibility index (Phi) is 3.31. The zero-order chi connectivity index (χ0) is 16.0.